The highest BCUT2D eigenvalue weighted by molar-refractivity contribution is 5.98. The Kier molecular flexibility index (Phi) is 11.1. The van der Waals surface area contributed by atoms with Crippen LogP contribution in [0.25, 0.3) is 0 Å². The van der Waals surface area contributed by atoms with Gasteiger partial charge in [-0.15, -0.1) is 0 Å². The minimum Gasteiger partial charge on any atom is -0.496 e. The van der Waals surface area contributed by atoms with Gasteiger partial charge in [0.2, 0.25) is 5.91 Å². The summed E-state index contributed by atoms with van der Waals surface area (Å²) in [5, 5.41) is 17.7. The van der Waals surface area contributed by atoms with E-state index in [9.17, 15) is 24.3 Å². The van der Waals surface area contributed by atoms with Crippen molar-refractivity contribution < 1.29 is 38.5 Å². The molecule has 0 aliphatic rings. The number of nitrogens with one attached hydrogen (secondary N) is 3. The minimum atomic E-state index is -1.45. The van der Waals surface area contributed by atoms with Gasteiger partial charge in [-0.1, -0.05) is 48.5 Å². The van der Waals surface area contributed by atoms with Crippen LogP contribution in [0.5, 0.6) is 5.75 Å². The van der Waals surface area contributed by atoms with Gasteiger partial charge in [0, 0.05) is 11.8 Å². The molecule has 1 aromatic heterocycles. The van der Waals surface area contributed by atoms with E-state index in [1.807, 2.05) is 30.3 Å². The number of benzene rings is 2. The Morgan fingerprint density at radius 3 is 2.27 bits per heavy atom. The fourth-order valence-electron chi connectivity index (χ4n) is 4.08. The number of hydrogen-bond donors (Lipinski definition) is 4. The average molecular weight is 610 g/mol. The van der Waals surface area contributed by atoms with E-state index in [-0.39, 0.29) is 19.0 Å². The summed E-state index contributed by atoms with van der Waals surface area (Å²) >= 11 is 0. The van der Waals surface area contributed by atoms with Crippen molar-refractivity contribution in [1.29, 1.82) is 0 Å². The molecule has 0 aliphatic heterocycles. The van der Waals surface area contributed by atoms with Crippen LogP contribution in [0.15, 0.2) is 67.1 Å². The van der Waals surface area contributed by atoms with Gasteiger partial charge in [-0.3, -0.25) is 9.59 Å². The van der Waals surface area contributed by atoms with Crippen LogP contribution < -0.4 is 20.7 Å². The van der Waals surface area contributed by atoms with Crippen molar-refractivity contribution in [3.8, 4) is 5.75 Å². The number of aliphatic carboxylic acids is 1. The molecule has 2 aromatic carbocycles. The molecule has 0 bridgehead atoms. The number of amides is 3. The van der Waals surface area contributed by atoms with Gasteiger partial charge >= 0.3 is 12.1 Å². The largest absolute Gasteiger partial charge is 0.496 e. The van der Waals surface area contributed by atoms with Crippen molar-refractivity contribution in [1.82, 2.24) is 20.2 Å². The summed E-state index contributed by atoms with van der Waals surface area (Å²) in [6.45, 7) is 7.99. The Hall–Kier alpha value is -4.91. The molecule has 236 valence electrons. The number of imidazole rings is 1. The zero-order valence-corrected chi connectivity index (χ0v) is 25.6. The monoisotopic (exact) mass is 609 g/mol. The Labute approximate surface area is 255 Å². The molecule has 0 spiro atoms. The highest BCUT2D eigenvalue weighted by atomic mass is 16.6. The summed E-state index contributed by atoms with van der Waals surface area (Å²) in [5.41, 5.74) is -0.985. The van der Waals surface area contributed by atoms with E-state index in [0.717, 1.165) is 5.56 Å². The van der Waals surface area contributed by atoms with Crippen molar-refractivity contribution in [3.05, 3.63) is 78.2 Å². The quantitative estimate of drug-likeness (QED) is 0.226. The van der Waals surface area contributed by atoms with E-state index in [1.54, 1.807) is 45.0 Å². The molecule has 3 aromatic rings. The zero-order valence-electron chi connectivity index (χ0n) is 25.6. The second-order valence-corrected chi connectivity index (χ2v) is 11.5. The molecule has 2 atom stereocenters. The lowest BCUT2D eigenvalue weighted by Crippen LogP contribution is -2.59. The van der Waals surface area contributed by atoms with Gasteiger partial charge in [0.15, 0.2) is 11.9 Å². The molecular weight excluding hydrogens is 570 g/mol. The summed E-state index contributed by atoms with van der Waals surface area (Å²) in [6.07, 6.45) is 1.84. The lowest BCUT2D eigenvalue weighted by Gasteiger charge is -2.29. The van der Waals surface area contributed by atoms with E-state index in [2.05, 4.69) is 20.9 Å². The molecule has 0 aliphatic carbocycles. The Balaban J connectivity index is 1.78. The van der Waals surface area contributed by atoms with Gasteiger partial charge in [0.05, 0.1) is 26.7 Å². The number of alkyl carbamates (subject to hydrolysis) is 1. The van der Waals surface area contributed by atoms with Crippen molar-refractivity contribution in [2.75, 3.05) is 19.0 Å². The first-order valence-electron chi connectivity index (χ1n) is 13.8. The second-order valence-electron chi connectivity index (χ2n) is 11.5. The fraction of sp³-hybridized carbons (Fsp3) is 0.387. The number of rotatable bonds is 13. The van der Waals surface area contributed by atoms with Crippen LogP contribution in [0.2, 0.25) is 0 Å². The summed E-state index contributed by atoms with van der Waals surface area (Å²) < 4.78 is 17.7. The maximum atomic E-state index is 13.4. The maximum absolute atomic E-state index is 13.4. The SMILES string of the molecule is COc1ccccc1C(C(=O)O)n1cnc(NC(=O)C(COCc2ccccc2)NC(=O)C(C)(C)NC(=O)OC(C)(C)C)c1. The molecule has 4 N–H and O–H groups in total. The Morgan fingerprint density at radius 1 is 0.977 bits per heavy atom. The summed E-state index contributed by atoms with van der Waals surface area (Å²) in [4.78, 5) is 55.4. The number of hydrogen-bond acceptors (Lipinski definition) is 8. The van der Waals surface area contributed by atoms with Crippen molar-refractivity contribution in [2.24, 2.45) is 0 Å². The molecular formula is C31H39N5O8. The number of anilines is 1. The number of para-hydroxylation sites is 1. The predicted molar refractivity (Wildman–Crippen MR) is 161 cm³/mol. The molecule has 3 rings (SSSR count). The topological polar surface area (TPSA) is 170 Å². The van der Waals surface area contributed by atoms with Crippen molar-refractivity contribution >= 4 is 29.7 Å². The smallest absolute Gasteiger partial charge is 0.408 e. The van der Waals surface area contributed by atoms with E-state index >= 15 is 0 Å². The number of aromatic nitrogens is 2. The molecule has 0 radical (unpaired) electrons. The first-order chi connectivity index (χ1) is 20.7. The van der Waals surface area contributed by atoms with Crippen LogP contribution >= 0.6 is 0 Å². The number of carbonyl (C=O) groups is 4. The second kappa shape index (κ2) is 14.5. The Bertz CT molecular complexity index is 1450. The number of nitrogens with zero attached hydrogens (tertiary/aromatic N) is 2. The molecule has 0 saturated heterocycles. The summed E-state index contributed by atoms with van der Waals surface area (Å²) in [7, 11) is 1.44. The lowest BCUT2D eigenvalue weighted by molar-refractivity contribution is -0.139. The molecule has 44 heavy (non-hydrogen) atoms. The highest BCUT2D eigenvalue weighted by Crippen LogP contribution is 2.28. The van der Waals surface area contributed by atoms with E-state index in [1.165, 1.54) is 38.0 Å². The molecule has 13 heteroatoms. The van der Waals surface area contributed by atoms with Crippen LogP contribution in [0.3, 0.4) is 0 Å². The standard InChI is InChI=1S/C31H39N5O8/c1-30(2,3)44-29(41)35-31(4,5)28(40)33-22(18-43-17-20-12-8-7-9-13-20)26(37)34-24-16-36(19-32-24)25(27(38)39)21-14-10-11-15-23(21)42-6/h7-16,19,22,25H,17-18H2,1-6H3,(H,33,40)(H,34,37)(H,35,41)(H,38,39). The van der Waals surface area contributed by atoms with Gasteiger partial charge in [-0.05, 0) is 46.2 Å². The Morgan fingerprint density at radius 2 is 1.64 bits per heavy atom. The first-order valence-corrected chi connectivity index (χ1v) is 13.8. The van der Waals surface area contributed by atoms with Gasteiger partial charge < -0.3 is 39.8 Å². The van der Waals surface area contributed by atoms with E-state index in [4.69, 9.17) is 14.2 Å². The van der Waals surface area contributed by atoms with Crippen LogP contribution in [-0.2, 0) is 30.5 Å². The minimum absolute atomic E-state index is 0.0459. The predicted octanol–water partition coefficient (Wildman–Crippen LogP) is 3.51. The number of ether oxygens (including phenoxy) is 3. The van der Waals surface area contributed by atoms with Crippen molar-refractivity contribution in [3.63, 3.8) is 0 Å². The van der Waals surface area contributed by atoms with Crippen molar-refractivity contribution in [2.45, 2.75) is 64.4 Å². The van der Waals surface area contributed by atoms with Crippen LogP contribution in [0.4, 0.5) is 10.6 Å². The van der Waals surface area contributed by atoms with Crippen LogP contribution in [-0.4, -0.2) is 69.4 Å². The fourth-order valence-corrected chi connectivity index (χ4v) is 4.08. The third kappa shape index (κ3) is 9.56. The molecule has 2 unspecified atom stereocenters. The van der Waals surface area contributed by atoms with Gasteiger partial charge in [0.1, 0.15) is 22.9 Å². The molecule has 1 heterocycles. The number of methoxy groups -OCH3 is 1. The molecule has 13 nitrogen and oxygen atoms in total. The van der Waals surface area contributed by atoms with Crippen LogP contribution in [0.1, 0.15) is 51.8 Å². The van der Waals surface area contributed by atoms with E-state index in [0.29, 0.717) is 11.3 Å². The normalized spacial score (nSPS) is 12.9. The number of carboxylic acids is 1. The van der Waals surface area contributed by atoms with Gasteiger partial charge in [-0.2, -0.15) is 0 Å². The zero-order chi connectivity index (χ0) is 32.5. The van der Waals surface area contributed by atoms with Gasteiger partial charge in [0.25, 0.3) is 5.91 Å². The highest BCUT2D eigenvalue weighted by Gasteiger charge is 2.35. The lowest BCUT2D eigenvalue weighted by atomic mass is 10.0. The van der Waals surface area contributed by atoms with E-state index < -0.39 is 47.1 Å². The maximum Gasteiger partial charge on any atom is 0.408 e. The number of carboxylic acid groups (broad SMARTS) is 1. The molecule has 0 fully saturated rings. The van der Waals surface area contributed by atoms with Crippen LogP contribution in [0, 0.1) is 0 Å². The third-order valence-electron chi connectivity index (χ3n) is 6.22. The number of carbonyl (C=O) groups excluding carboxylic acids is 3. The first kappa shape index (κ1) is 33.6. The molecule has 3 amide bonds. The average Bonchev–Trinajstić information content (AvgIpc) is 3.39. The summed E-state index contributed by atoms with van der Waals surface area (Å²) in [5.74, 6) is -2.08. The van der Waals surface area contributed by atoms with Gasteiger partial charge in [-0.25, -0.2) is 14.6 Å². The third-order valence-corrected chi connectivity index (χ3v) is 6.22. The molecule has 0 saturated carbocycles. The summed E-state index contributed by atoms with van der Waals surface area (Å²) in [6, 6.07) is 13.6.